The Morgan fingerprint density at radius 2 is 1.77 bits per heavy atom. The largest absolute Gasteiger partial charge is 0.398 e. The van der Waals surface area contributed by atoms with Crippen LogP contribution in [0.4, 0.5) is 5.69 Å². The lowest BCUT2D eigenvalue weighted by molar-refractivity contribution is -0.364. The van der Waals surface area contributed by atoms with Crippen molar-refractivity contribution >= 4 is 5.69 Å². The van der Waals surface area contributed by atoms with Crippen LogP contribution >= 0.6 is 0 Å². The number of pyridine rings is 1. The Hall–Kier alpha value is -1.83. The molecule has 1 aromatic heterocycles. The molecule has 2 rings (SSSR count). The molecule has 1 aromatic carbocycles. The average molecular weight is 171 g/mol. The van der Waals surface area contributed by atoms with Crippen LogP contribution in [0.15, 0.2) is 48.7 Å². The van der Waals surface area contributed by atoms with E-state index in [4.69, 9.17) is 5.73 Å². The van der Waals surface area contributed by atoms with Crippen LogP contribution in [0, 0.1) is 0 Å². The molecule has 0 spiro atoms. The molecule has 1 heterocycles. The summed E-state index contributed by atoms with van der Waals surface area (Å²) in [6.45, 7) is 0. The Kier molecular flexibility index (Phi) is 1.96. The molecule has 0 unspecified atom stereocenters. The summed E-state index contributed by atoms with van der Waals surface area (Å²) in [5.41, 5.74) is 8.64. The maximum Gasteiger partial charge on any atom is 0.212 e. The first kappa shape index (κ1) is 7.80. The molecule has 13 heavy (non-hydrogen) atoms. The van der Waals surface area contributed by atoms with Gasteiger partial charge in [-0.25, -0.2) is 4.98 Å². The second-order valence-electron chi connectivity index (χ2n) is 2.90. The predicted octanol–water partition coefficient (Wildman–Crippen LogP) is 1.75. The maximum atomic E-state index is 5.68. The SMILES string of the molecule is Nc1cc[nH+]c(-c2ccccc2)c1. The van der Waals surface area contributed by atoms with E-state index in [1.807, 2.05) is 48.7 Å². The third-order valence-corrected chi connectivity index (χ3v) is 1.91. The van der Waals surface area contributed by atoms with E-state index >= 15 is 0 Å². The van der Waals surface area contributed by atoms with Crippen LogP contribution in [0.1, 0.15) is 0 Å². The summed E-state index contributed by atoms with van der Waals surface area (Å²) >= 11 is 0. The molecule has 0 saturated heterocycles. The molecule has 0 atom stereocenters. The monoisotopic (exact) mass is 171 g/mol. The van der Waals surface area contributed by atoms with Crippen LogP contribution in [0.2, 0.25) is 0 Å². The second-order valence-corrected chi connectivity index (χ2v) is 2.90. The number of nitrogens with two attached hydrogens (primary N) is 1. The van der Waals surface area contributed by atoms with Crippen molar-refractivity contribution in [1.29, 1.82) is 0 Å². The Morgan fingerprint density at radius 1 is 1.00 bits per heavy atom. The zero-order valence-electron chi connectivity index (χ0n) is 7.20. The minimum atomic E-state index is 0.776. The molecule has 3 N–H and O–H groups in total. The predicted molar refractivity (Wildman–Crippen MR) is 52.8 cm³/mol. The number of nitrogen functional groups attached to an aromatic ring is 1. The minimum absolute atomic E-state index is 0.776. The average Bonchev–Trinajstić information content (AvgIpc) is 2.19. The van der Waals surface area contributed by atoms with E-state index in [1.54, 1.807) is 0 Å². The molecule has 2 nitrogen and oxygen atoms in total. The minimum Gasteiger partial charge on any atom is -0.398 e. The fourth-order valence-corrected chi connectivity index (χ4v) is 1.27. The standard InChI is InChI=1S/C11H10N2/c12-10-6-7-13-11(8-10)9-4-2-1-3-5-9/h1-8H,(H2,12,13)/p+1. The van der Waals surface area contributed by atoms with E-state index in [9.17, 15) is 0 Å². The van der Waals surface area contributed by atoms with Crippen molar-refractivity contribution in [2.75, 3.05) is 5.73 Å². The number of hydrogen-bond donors (Lipinski definition) is 1. The normalized spacial score (nSPS) is 9.85. The lowest BCUT2D eigenvalue weighted by atomic mass is 10.1. The van der Waals surface area contributed by atoms with Crippen LogP contribution < -0.4 is 10.7 Å². The Balaban J connectivity index is 2.48. The third kappa shape index (κ3) is 1.67. The van der Waals surface area contributed by atoms with Gasteiger partial charge in [0.05, 0.1) is 0 Å². The number of rotatable bonds is 1. The molecule has 0 bridgehead atoms. The molecule has 2 aromatic rings. The summed E-state index contributed by atoms with van der Waals surface area (Å²) in [6, 6.07) is 13.9. The van der Waals surface area contributed by atoms with Crippen LogP contribution in [0.5, 0.6) is 0 Å². The second kappa shape index (κ2) is 3.27. The number of anilines is 1. The molecule has 0 fully saturated rings. The number of aromatic amines is 1. The van der Waals surface area contributed by atoms with Gasteiger partial charge >= 0.3 is 0 Å². The zero-order chi connectivity index (χ0) is 9.10. The summed E-state index contributed by atoms with van der Waals surface area (Å²) in [7, 11) is 0. The number of benzene rings is 1. The number of H-pyrrole nitrogens is 1. The van der Waals surface area contributed by atoms with E-state index in [0.717, 1.165) is 16.9 Å². The maximum absolute atomic E-state index is 5.68. The number of hydrogen-bond acceptors (Lipinski definition) is 1. The highest BCUT2D eigenvalue weighted by atomic mass is 14.7. The molecule has 0 saturated carbocycles. The third-order valence-electron chi connectivity index (χ3n) is 1.91. The zero-order valence-corrected chi connectivity index (χ0v) is 7.20. The molecule has 0 radical (unpaired) electrons. The van der Waals surface area contributed by atoms with Crippen LogP contribution in [-0.2, 0) is 0 Å². The molecular weight excluding hydrogens is 160 g/mol. The van der Waals surface area contributed by atoms with Gasteiger partial charge in [-0.05, 0) is 12.1 Å². The Bertz CT molecular complexity index is 396. The van der Waals surface area contributed by atoms with Gasteiger partial charge in [-0.2, -0.15) is 0 Å². The first-order chi connectivity index (χ1) is 6.36. The molecule has 0 aliphatic carbocycles. The fraction of sp³-hybridized carbons (Fsp3) is 0. The van der Waals surface area contributed by atoms with Crippen molar-refractivity contribution in [2.45, 2.75) is 0 Å². The number of aromatic nitrogens is 1. The summed E-state index contributed by atoms with van der Waals surface area (Å²) in [6.07, 6.45) is 1.84. The van der Waals surface area contributed by atoms with Crippen LogP contribution in [0.25, 0.3) is 11.3 Å². The first-order valence-electron chi connectivity index (χ1n) is 4.19. The van der Waals surface area contributed by atoms with E-state index in [2.05, 4.69) is 4.98 Å². The van der Waals surface area contributed by atoms with Crippen molar-refractivity contribution in [2.24, 2.45) is 0 Å². The highest BCUT2D eigenvalue weighted by Gasteiger charge is 2.03. The smallest absolute Gasteiger partial charge is 0.212 e. The lowest BCUT2D eigenvalue weighted by Crippen LogP contribution is -2.06. The van der Waals surface area contributed by atoms with Crippen molar-refractivity contribution < 1.29 is 4.98 Å². The van der Waals surface area contributed by atoms with Gasteiger partial charge in [-0.1, -0.05) is 18.2 Å². The quantitative estimate of drug-likeness (QED) is 0.697. The van der Waals surface area contributed by atoms with Gasteiger partial charge in [0.1, 0.15) is 0 Å². The molecule has 0 amide bonds. The fourth-order valence-electron chi connectivity index (χ4n) is 1.27. The van der Waals surface area contributed by atoms with Crippen molar-refractivity contribution in [3.63, 3.8) is 0 Å². The highest BCUT2D eigenvalue weighted by molar-refractivity contribution is 5.59. The summed E-state index contributed by atoms with van der Waals surface area (Å²) in [4.78, 5) is 3.15. The van der Waals surface area contributed by atoms with E-state index in [1.165, 1.54) is 0 Å². The number of nitrogens with one attached hydrogen (secondary N) is 1. The molecule has 64 valence electrons. The van der Waals surface area contributed by atoms with Gasteiger partial charge in [0.15, 0.2) is 6.20 Å². The van der Waals surface area contributed by atoms with E-state index in [0.29, 0.717) is 0 Å². The summed E-state index contributed by atoms with van der Waals surface area (Å²) in [5.74, 6) is 0. The van der Waals surface area contributed by atoms with Crippen molar-refractivity contribution in [3.05, 3.63) is 48.7 Å². The lowest BCUT2D eigenvalue weighted by Gasteiger charge is -1.94. The highest BCUT2D eigenvalue weighted by Crippen LogP contribution is 2.14. The Labute approximate surface area is 77.0 Å². The Morgan fingerprint density at radius 3 is 2.46 bits per heavy atom. The van der Waals surface area contributed by atoms with Gasteiger partial charge in [0.2, 0.25) is 5.69 Å². The van der Waals surface area contributed by atoms with Gasteiger partial charge in [0.25, 0.3) is 0 Å². The van der Waals surface area contributed by atoms with Crippen LogP contribution in [0.3, 0.4) is 0 Å². The van der Waals surface area contributed by atoms with Gasteiger partial charge < -0.3 is 5.73 Å². The summed E-state index contributed by atoms with van der Waals surface area (Å²) < 4.78 is 0. The molecule has 0 aliphatic heterocycles. The van der Waals surface area contributed by atoms with Gasteiger partial charge in [0, 0.05) is 23.4 Å². The van der Waals surface area contributed by atoms with E-state index < -0.39 is 0 Å². The van der Waals surface area contributed by atoms with Crippen LogP contribution in [-0.4, -0.2) is 0 Å². The topological polar surface area (TPSA) is 40.2 Å². The van der Waals surface area contributed by atoms with Gasteiger partial charge in [-0.15, -0.1) is 0 Å². The van der Waals surface area contributed by atoms with E-state index in [-0.39, 0.29) is 0 Å². The molecular formula is C11H11N2+. The van der Waals surface area contributed by atoms with Crippen molar-refractivity contribution in [1.82, 2.24) is 0 Å². The molecule has 2 heteroatoms. The van der Waals surface area contributed by atoms with Gasteiger partial charge in [-0.3, -0.25) is 0 Å². The molecule has 0 aliphatic rings. The summed E-state index contributed by atoms with van der Waals surface area (Å²) in [5, 5.41) is 0. The first-order valence-corrected chi connectivity index (χ1v) is 4.19. The van der Waals surface area contributed by atoms with Crippen molar-refractivity contribution in [3.8, 4) is 11.3 Å².